The zero-order valence-electron chi connectivity index (χ0n) is 8.62. The number of methoxy groups -OCH3 is 1. The van der Waals surface area contributed by atoms with Crippen LogP contribution in [-0.2, 0) is 6.42 Å². The van der Waals surface area contributed by atoms with Crippen molar-refractivity contribution in [3.63, 3.8) is 0 Å². The zero-order valence-corrected chi connectivity index (χ0v) is 9.43. The fourth-order valence-electron chi connectivity index (χ4n) is 1.33. The Morgan fingerprint density at radius 2 is 2.21 bits per heavy atom. The van der Waals surface area contributed by atoms with E-state index < -0.39 is 0 Å². The van der Waals surface area contributed by atoms with Crippen LogP contribution >= 0.6 is 11.8 Å². The molecule has 0 atom stereocenters. The Morgan fingerprint density at radius 3 is 2.79 bits per heavy atom. The van der Waals surface area contributed by atoms with Gasteiger partial charge in [0.1, 0.15) is 5.75 Å². The van der Waals surface area contributed by atoms with Crippen LogP contribution < -0.4 is 4.74 Å². The van der Waals surface area contributed by atoms with Crippen molar-refractivity contribution in [3.05, 3.63) is 23.8 Å². The average molecular weight is 212 g/mol. The molecule has 0 spiro atoms. The van der Waals surface area contributed by atoms with E-state index in [1.807, 2.05) is 12.3 Å². The summed E-state index contributed by atoms with van der Waals surface area (Å²) in [6.07, 6.45) is 3.70. The summed E-state index contributed by atoms with van der Waals surface area (Å²) in [4.78, 5) is 1.20. The Labute approximate surface area is 89.3 Å². The summed E-state index contributed by atoms with van der Waals surface area (Å²) in [5, 5.41) is 8.75. The molecule has 14 heavy (non-hydrogen) atoms. The summed E-state index contributed by atoms with van der Waals surface area (Å²) in [7, 11) is 1.68. The van der Waals surface area contributed by atoms with Gasteiger partial charge in [-0.15, -0.1) is 11.8 Å². The van der Waals surface area contributed by atoms with Gasteiger partial charge in [0.2, 0.25) is 0 Å². The number of benzene rings is 1. The van der Waals surface area contributed by atoms with E-state index in [1.165, 1.54) is 10.5 Å². The molecule has 1 aromatic carbocycles. The number of hydrogen-bond acceptors (Lipinski definition) is 3. The van der Waals surface area contributed by atoms with Crippen LogP contribution in [-0.4, -0.2) is 25.1 Å². The number of aliphatic hydroxyl groups is 1. The van der Waals surface area contributed by atoms with Crippen molar-refractivity contribution in [1.29, 1.82) is 0 Å². The van der Waals surface area contributed by atoms with Crippen LogP contribution in [0, 0.1) is 0 Å². The Bertz CT molecular complexity index is 287. The van der Waals surface area contributed by atoms with Gasteiger partial charge in [-0.3, -0.25) is 0 Å². The second-order valence-corrected chi connectivity index (χ2v) is 3.88. The fourth-order valence-corrected chi connectivity index (χ4v) is 1.76. The van der Waals surface area contributed by atoms with Crippen molar-refractivity contribution < 1.29 is 9.84 Å². The maximum Gasteiger partial charge on any atom is 0.123 e. The minimum Gasteiger partial charge on any atom is -0.496 e. The third-order valence-electron chi connectivity index (χ3n) is 2.10. The van der Waals surface area contributed by atoms with Crippen molar-refractivity contribution >= 4 is 11.8 Å². The van der Waals surface area contributed by atoms with Gasteiger partial charge in [0.05, 0.1) is 7.11 Å². The molecule has 2 nitrogen and oxygen atoms in total. The maximum atomic E-state index is 8.75. The average Bonchev–Trinajstić information content (AvgIpc) is 2.26. The van der Waals surface area contributed by atoms with Crippen LogP contribution in [0.1, 0.15) is 12.0 Å². The molecule has 0 saturated heterocycles. The molecule has 0 aromatic heterocycles. The molecule has 0 bridgehead atoms. The largest absolute Gasteiger partial charge is 0.496 e. The zero-order chi connectivity index (χ0) is 10.4. The Morgan fingerprint density at radius 1 is 1.43 bits per heavy atom. The second kappa shape index (κ2) is 5.94. The molecule has 0 heterocycles. The lowest BCUT2D eigenvalue weighted by Gasteiger charge is -2.09. The van der Waals surface area contributed by atoms with Gasteiger partial charge in [0.25, 0.3) is 0 Å². The van der Waals surface area contributed by atoms with E-state index in [0.717, 1.165) is 18.6 Å². The molecule has 1 N–H and O–H groups in total. The number of ether oxygens (including phenoxy) is 1. The van der Waals surface area contributed by atoms with Crippen LogP contribution in [0.4, 0.5) is 0 Å². The van der Waals surface area contributed by atoms with Gasteiger partial charge in [-0.05, 0) is 36.8 Å². The van der Waals surface area contributed by atoms with Gasteiger partial charge >= 0.3 is 0 Å². The number of hydrogen-bond donors (Lipinski definition) is 1. The van der Waals surface area contributed by atoms with E-state index in [2.05, 4.69) is 12.1 Å². The first-order chi connectivity index (χ1) is 6.81. The highest BCUT2D eigenvalue weighted by Crippen LogP contribution is 2.26. The topological polar surface area (TPSA) is 29.5 Å². The molecule has 3 heteroatoms. The molecule has 1 rings (SSSR count). The predicted molar refractivity (Wildman–Crippen MR) is 60.2 cm³/mol. The van der Waals surface area contributed by atoms with E-state index in [9.17, 15) is 0 Å². The first-order valence-electron chi connectivity index (χ1n) is 4.63. The lowest BCUT2D eigenvalue weighted by atomic mass is 10.1. The van der Waals surface area contributed by atoms with Crippen LogP contribution in [0.2, 0.25) is 0 Å². The summed E-state index contributed by atoms with van der Waals surface area (Å²) in [5.41, 5.74) is 1.17. The summed E-state index contributed by atoms with van der Waals surface area (Å²) in [6, 6.07) is 6.19. The lowest BCUT2D eigenvalue weighted by molar-refractivity contribution is 0.287. The van der Waals surface area contributed by atoms with Gasteiger partial charge in [-0.2, -0.15) is 0 Å². The highest BCUT2D eigenvalue weighted by Gasteiger charge is 2.03. The summed E-state index contributed by atoms with van der Waals surface area (Å²) < 4.78 is 5.29. The summed E-state index contributed by atoms with van der Waals surface area (Å²) in [5.74, 6) is 0.922. The van der Waals surface area contributed by atoms with Crippen molar-refractivity contribution in [2.75, 3.05) is 20.0 Å². The molecule has 0 aliphatic heterocycles. The number of thioether (sulfide) groups is 1. The summed E-state index contributed by atoms with van der Waals surface area (Å²) >= 11 is 1.70. The van der Waals surface area contributed by atoms with Crippen LogP contribution in [0.25, 0.3) is 0 Å². The Kier molecular flexibility index (Phi) is 4.84. The molecule has 1 aromatic rings. The van der Waals surface area contributed by atoms with Gasteiger partial charge in [-0.25, -0.2) is 0 Å². The van der Waals surface area contributed by atoms with Crippen molar-refractivity contribution in [1.82, 2.24) is 0 Å². The minimum absolute atomic E-state index is 0.230. The SMILES string of the molecule is COc1cc(SC)ccc1CCCO. The first kappa shape index (κ1) is 11.4. The van der Waals surface area contributed by atoms with Crippen molar-refractivity contribution in [2.24, 2.45) is 0 Å². The Hall–Kier alpha value is -0.670. The molecule has 0 fully saturated rings. The maximum absolute atomic E-state index is 8.75. The van der Waals surface area contributed by atoms with E-state index >= 15 is 0 Å². The lowest BCUT2D eigenvalue weighted by Crippen LogP contribution is -1.94. The van der Waals surface area contributed by atoms with E-state index in [-0.39, 0.29) is 6.61 Å². The second-order valence-electron chi connectivity index (χ2n) is 3.00. The predicted octanol–water partition coefficient (Wildman–Crippen LogP) is 2.34. The molecule has 0 saturated carbocycles. The van der Waals surface area contributed by atoms with E-state index in [4.69, 9.17) is 9.84 Å². The highest BCUT2D eigenvalue weighted by atomic mass is 32.2. The van der Waals surface area contributed by atoms with E-state index in [0.29, 0.717) is 0 Å². The summed E-state index contributed by atoms with van der Waals surface area (Å²) in [6.45, 7) is 0.230. The monoisotopic (exact) mass is 212 g/mol. The molecular formula is C11H16O2S. The standard InChI is InChI=1S/C11H16O2S/c1-13-11-8-10(14-2)6-5-9(11)4-3-7-12/h5-6,8,12H,3-4,7H2,1-2H3. The Balaban J connectivity index is 2.82. The third kappa shape index (κ3) is 2.93. The smallest absolute Gasteiger partial charge is 0.123 e. The minimum atomic E-state index is 0.230. The van der Waals surface area contributed by atoms with E-state index in [1.54, 1.807) is 18.9 Å². The van der Waals surface area contributed by atoms with Crippen LogP contribution in [0.15, 0.2) is 23.1 Å². The molecule has 0 radical (unpaired) electrons. The van der Waals surface area contributed by atoms with Crippen molar-refractivity contribution in [2.45, 2.75) is 17.7 Å². The molecular weight excluding hydrogens is 196 g/mol. The first-order valence-corrected chi connectivity index (χ1v) is 5.86. The number of aliphatic hydroxyl groups excluding tert-OH is 1. The quantitative estimate of drug-likeness (QED) is 0.760. The molecule has 0 unspecified atom stereocenters. The molecule has 0 amide bonds. The molecule has 0 aliphatic carbocycles. The highest BCUT2D eigenvalue weighted by molar-refractivity contribution is 7.98. The van der Waals surface area contributed by atoms with Gasteiger partial charge in [0, 0.05) is 11.5 Å². The molecule has 78 valence electrons. The van der Waals surface area contributed by atoms with Crippen LogP contribution in [0.5, 0.6) is 5.75 Å². The number of aryl methyl sites for hydroxylation is 1. The van der Waals surface area contributed by atoms with Crippen molar-refractivity contribution in [3.8, 4) is 5.75 Å². The molecule has 0 aliphatic rings. The number of rotatable bonds is 5. The fraction of sp³-hybridized carbons (Fsp3) is 0.455. The van der Waals surface area contributed by atoms with Gasteiger partial charge in [-0.1, -0.05) is 6.07 Å². The van der Waals surface area contributed by atoms with Gasteiger partial charge in [0.15, 0.2) is 0 Å². The normalized spacial score (nSPS) is 10.2. The van der Waals surface area contributed by atoms with Crippen LogP contribution in [0.3, 0.4) is 0 Å². The third-order valence-corrected chi connectivity index (χ3v) is 2.82. The van der Waals surface area contributed by atoms with Gasteiger partial charge < -0.3 is 9.84 Å².